The van der Waals surface area contributed by atoms with Gasteiger partial charge in [-0.05, 0) is 31.5 Å². The molecule has 2 rings (SSSR count). The zero-order chi connectivity index (χ0) is 17.6. The monoisotopic (exact) mass is 333 g/mol. The predicted octanol–water partition coefficient (Wildman–Crippen LogP) is 1.21. The molecule has 0 unspecified atom stereocenters. The van der Waals surface area contributed by atoms with E-state index in [1.807, 2.05) is 32.2 Å². The third kappa shape index (κ3) is 4.24. The van der Waals surface area contributed by atoms with Gasteiger partial charge in [0.15, 0.2) is 0 Å². The van der Waals surface area contributed by atoms with Gasteiger partial charge in [-0.25, -0.2) is 4.98 Å². The van der Waals surface area contributed by atoms with E-state index in [1.54, 1.807) is 0 Å². The predicted molar refractivity (Wildman–Crippen MR) is 97.9 cm³/mol. The van der Waals surface area contributed by atoms with E-state index in [0.29, 0.717) is 13.1 Å². The second-order valence-corrected chi connectivity index (χ2v) is 6.69. The van der Waals surface area contributed by atoms with E-state index in [1.165, 1.54) is 0 Å². The van der Waals surface area contributed by atoms with Crippen molar-refractivity contribution in [1.29, 1.82) is 0 Å². The third-order valence-corrected chi connectivity index (χ3v) is 5.32. The van der Waals surface area contributed by atoms with E-state index in [-0.39, 0.29) is 5.91 Å². The molecule has 1 fully saturated rings. The van der Waals surface area contributed by atoms with E-state index in [0.717, 1.165) is 50.4 Å². The van der Waals surface area contributed by atoms with E-state index in [9.17, 15) is 4.79 Å². The Hall–Kier alpha value is -1.66. The highest BCUT2D eigenvalue weighted by Gasteiger charge is 2.32. The molecule has 3 N–H and O–H groups in total. The molecule has 0 bridgehead atoms. The Kier molecular flexibility index (Phi) is 6.57. The Labute approximate surface area is 145 Å². The van der Waals surface area contributed by atoms with Crippen LogP contribution in [-0.4, -0.2) is 55.6 Å². The first-order valence-corrected chi connectivity index (χ1v) is 8.91. The summed E-state index contributed by atoms with van der Waals surface area (Å²) < 4.78 is 0. The number of nitrogens with two attached hydrogens (primary N) is 1. The molecular weight excluding hydrogens is 302 g/mol. The molecule has 1 aliphatic heterocycles. The van der Waals surface area contributed by atoms with Gasteiger partial charge in [-0.2, -0.15) is 0 Å². The van der Waals surface area contributed by atoms with Crippen molar-refractivity contribution in [1.82, 2.24) is 15.2 Å². The zero-order valence-electron chi connectivity index (χ0n) is 15.2. The summed E-state index contributed by atoms with van der Waals surface area (Å²) in [6, 6.07) is 4.09. The molecule has 1 amide bonds. The number of likely N-dealkylation sites (N-methyl/N-ethyl adjacent to an activating group) is 1. The van der Waals surface area contributed by atoms with Gasteiger partial charge in [-0.1, -0.05) is 19.9 Å². The smallest absolute Gasteiger partial charge is 0.227 e. The van der Waals surface area contributed by atoms with E-state index >= 15 is 0 Å². The summed E-state index contributed by atoms with van der Waals surface area (Å²) in [5, 5.41) is 3.02. The van der Waals surface area contributed by atoms with E-state index in [2.05, 4.69) is 27.1 Å². The number of nitrogens with one attached hydrogen (secondary N) is 1. The van der Waals surface area contributed by atoms with Crippen LogP contribution in [0.2, 0.25) is 0 Å². The maximum absolute atomic E-state index is 12.5. The average Bonchev–Trinajstić information content (AvgIpc) is 2.63. The van der Waals surface area contributed by atoms with Gasteiger partial charge in [0, 0.05) is 45.5 Å². The first-order valence-electron chi connectivity index (χ1n) is 8.91. The van der Waals surface area contributed by atoms with E-state index in [4.69, 9.17) is 5.73 Å². The number of hydrogen-bond acceptors (Lipinski definition) is 5. The van der Waals surface area contributed by atoms with Crippen LogP contribution in [0.4, 0.5) is 5.82 Å². The molecular formula is C18H31N5O. The van der Waals surface area contributed by atoms with Crippen molar-refractivity contribution >= 4 is 11.7 Å². The molecule has 1 aromatic heterocycles. The summed E-state index contributed by atoms with van der Waals surface area (Å²) in [5.74, 6) is 1.05. The second-order valence-electron chi connectivity index (χ2n) is 6.69. The topological polar surface area (TPSA) is 74.5 Å². The maximum Gasteiger partial charge on any atom is 0.227 e. The van der Waals surface area contributed by atoms with Gasteiger partial charge in [0.05, 0.1) is 5.41 Å². The highest BCUT2D eigenvalue weighted by molar-refractivity contribution is 5.82. The summed E-state index contributed by atoms with van der Waals surface area (Å²) in [5.41, 5.74) is 6.39. The van der Waals surface area contributed by atoms with Gasteiger partial charge in [0.2, 0.25) is 5.91 Å². The van der Waals surface area contributed by atoms with Crippen molar-refractivity contribution in [3.05, 3.63) is 23.9 Å². The fourth-order valence-electron chi connectivity index (χ4n) is 3.07. The van der Waals surface area contributed by atoms with E-state index < -0.39 is 5.41 Å². The van der Waals surface area contributed by atoms with Crippen LogP contribution in [0.15, 0.2) is 18.3 Å². The van der Waals surface area contributed by atoms with Gasteiger partial charge in [-0.15, -0.1) is 0 Å². The number of nitrogens with zero attached hydrogens (tertiary/aromatic N) is 3. The fourth-order valence-corrected chi connectivity index (χ4v) is 3.07. The Bertz CT molecular complexity index is 510. The summed E-state index contributed by atoms with van der Waals surface area (Å²) in [6.45, 7) is 9.05. The Balaban J connectivity index is 1.91. The standard InChI is InChI=1S/C18H31N5O/c1-4-18(5-2,14-19)17(24)21-13-15-6-7-16(20-12-15)23-10-8-22(3)9-11-23/h6-7,12H,4-5,8-11,13-14,19H2,1-3H3,(H,21,24). The first kappa shape index (κ1) is 18.7. The first-order chi connectivity index (χ1) is 11.5. The maximum atomic E-state index is 12.5. The lowest BCUT2D eigenvalue weighted by Crippen LogP contribution is -2.45. The van der Waals surface area contributed by atoms with Crippen LogP contribution in [0, 0.1) is 5.41 Å². The van der Waals surface area contributed by atoms with Crippen LogP contribution in [0.5, 0.6) is 0 Å². The van der Waals surface area contributed by atoms with Crippen LogP contribution >= 0.6 is 0 Å². The lowest BCUT2D eigenvalue weighted by atomic mass is 9.81. The van der Waals surface area contributed by atoms with Gasteiger partial charge in [-0.3, -0.25) is 4.79 Å². The molecule has 1 aliphatic rings. The normalized spacial score (nSPS) is 16.2. The largest absolute Gasteiger partial charge is 0.354 e. The molecule has 0 aliphatic carbocycles. The Morgan fingerprint density at radius 3 is 2.42 bits per heavy atom. The number of carbonyl (C=O) groups is 1. The minimum absolute atomic E-state index is 0.0399. The molecule has 1 aromatic rings. The molecule has 134 valence electrons. The number of piperazine rings is 1. The van der Waals surface area contributed by atoms with Crippen molar-refractivity contribution in [2.45, 2.75) is 33.2 Å². The number of pyridine rings is 1. The molecule has 6 heteroatoms. The lowest BCUT2D eigenvalue weighted by molar-refractivity contribution is -0.131. The molecule has 24 heavy (non-hydrogen) atoms. The SMILES string of the molecule is CCC(CC)(CN)C(=O)NCc1ccc(N2CCN(C)CC2)nc1. The van der Waals surface area contributed by atoms with Gasteiger partial charge in [0.1, 0.15) is 5.82 Å². The number of carbonyl (C=O) groups excluding carboxylic acids is 1. The molecule has 0 spiro atoms. The van der Waals surface area contributed by atoms with Crippen molar-refractivity contribution in [2.75, 3.05) is 44.7 Å². The van der Waals surface area contributed by atoms with Crippen LogP contribution in [-0.2, 0) is 11.3 Å². The fraction of sp³-hybridized carbons (Fsp3) is 0.667. The highest BCUT2D eigenvalue weighted by atomic mass is 16.2. The van der Waals surface area contributed by atoms with Crippen LogP contribution in [0.1, 0.15) is 32.3 Å². The molecule has 0 saturated carbocycles. The van der Waals surface area contributed by atoms with Crippen molar-refractivity contribution in [3.8, 4) is 0 Å². The number of amides is 1. The molecule has 0 radical (unpaired) electrons. The molecule has 0 aromatic carbocycles. The zero-order valence-corrected chi connectivity index (χ0v) is 15.2. The van der Waals surface area contributed by atoms with Crippen molar-refractivity contribution < 1.29 is 4.79 Å². The Morgan fingerprint density at radius 2 is 1.92 bits per heavy atom. The summed E-state index contributed by atoms with van der Waals surface area (Å²) in [6.07, 6.45) is 3.37. The van der Waals surface area contributed by atoms with Crippen LogP contribution < -0.4 is 16.0 Å². The summed E-state index contributed by atoms with van der Waals surface area (Å²) in [7, 11) is 2.14. The quantitative estimate of drug-likeness (QED) is 0.785. The number of hydrogen-bond donors (Lipinski definition) is 2. The average molecular weight is 333 g/mol. The number of aromatic nitrogens is 1. The molecule has 1 saturated heterocycles. The second kappa shape index (κ2) is 8.44. The minimum Gasteiger partial charge on any atom is -0.354 e. The van der Waals surface area contributed by atoms with Crippen LogP contribution in [0.3, 0.4) is 0 Å². The summed E-state index contributed by atoms with van der Waals surface area (Å²) in [4.78, 5) is 21.6. The van der Waals surface area contributed by atoms with Crippen molar-refractivity contribution in [2.24, 2.45) is 11.1 Å². The van der Waals surface area contributed by atoms with Gasteiger partial charge >= 0.3 is 0 Å². The third-order valence-electron chi connectivity index (χ3n) is 5.32. The van der Waals surface area contributed by atoms with Crippen LogP contribution in [0.25, 0.3) is 0 Å². The summed E-state index contributed by atoms with van der Waals surface area (Å²) >= 11 is 0. The van der Waals surface area contributed by atoms with Crippen molar-refractivity contribution in [3.63, 3.8) is 0 Å². The molecule has 2 heterocycles. The Morgan fingerprint density at radius 1 is 1.25 bits per heavy atom. The van der Waals surface area contributed by atoms with Gasteiger partial charge in [0.25, 0.3) is 0 Å². The minimum atomic E-state index is -0.451. The molecule has 6 nitrogen and oxygen atoms in total. The number of rotatable bonds is 7. The number of anilines is 1. The lowest BCUT2D eigenvalue weighted by Gasteiger charge is -2.33. The van der Waals surface area contributed by atoms with Gasteiger partial charge < -0.3 is 20.9 Å². The highest BCUT2D eigenvalue weighted by Crippen LogP contribution is 2.25. The molecule has 0 atom stereocenters.